The Morgan fingerprint density at radius 1 is 0.479 bits per heavy atom. The number of likely N-dealkylation sites (N-methyl/N-ethyl adjacent to an activating group) is 1. The van der Waals surface area contributed by atoms with Gasteiger partial charge in [0.2, 0.25) is 5.91 Å². The van der Waals surface area contributed by atoms with E-state index in [2.05, 4.69) is 141 Å². The molecule has 0 saturated heterocycles. The van der Waals surface area contributed by atoms with Crippen LogP contribution in [0.4, 0.5) is 0 Å². The van der Waals surface area contributed by atoms with Gasteiger partial charge in [0.1, 0.15) is 13.2 Å². The van der Waals surface area contributed by atoms with Gasteiger partial charge in [0.05, 0.1) is 39.9 Å². The molecule has 3 atom stereocenters. The number of unbranched alkanes of at least 4 members (excludes halogenated alkanes) is 18. The van der Waals surface area contributed by atoms with Crippen LogP contribution in [0.25, 0.3) is 0 Å². The number of allylic oxidation sites excluding steroid dienone is 21. The highest BCUT2D eigenvalue weighted by atomic mass is 31.2. The highest BCUT2D eigenvalue weighted by Gasteiger charge is 2.27. The van der Waals surface area contributed by atoms with E-state index >= 15 is 0 Å². The first kappa shape index (κ1) is 69.6. The Labute approximate surface area is 449 Å². The van der Waals surface area contributed by atoms with E-state index in [0.29, 0.717) is 17.4 Å². The Balaban J connectivity index is 4.35. The van der Waals surface area contributed by atoms with Gasteiger partial charge in [0, 0.05) is 6.42 Å². The molecule has 0 aromatic rings. The van der Waals surface area contributed by atoms with Gasteiger partial charge in [-0.1, -0.05) is 231 Å². The average molecular weight is 1030 g/mol. The minimum absolute atomic E-state index is 0.0428. The number of hydrogen-bond donors (Lipinski definition) is 3. The molecule has 0 aromatic heterocycles. The number of hydrogen-bond acceptors (Lipinski definition) is 5. The van der Waals surface area contributed by atoms with E-state index in [1.54, 1.807) is 6.08 Å². The Morgan fingerprint density at radius 2 is 0.836 bits per heavy atom. The SMILES string of the molecule is CC/C=C\C/C=C\C/C=C\C/C=C\C/C=C\C/C=C\C/C=C\C/C=C\CCCCCCCCC(=O)NC(COP(=O)(O)OCC[N+](C)(C)C)C(O)/C=C/CC/C=C/CC/C=C/CCCCCCCCCCCC. The fourth-order valence-corrected chi connectivity index (χ4v) is 8.29. The average Bonchev–Trinajstić information content (AvgIpc) is 3.35. The molecule has 0 aromatic carbocycles. The lowest BCUT2D eigenvalue weighted by molar-refractivity contribution is -0.870. The van der Waals surface area contributed by atoms with Gasteiger partial charge in [-0.2, -0.15) is 0 Å². The third kappa shape index (κ3) is 56.2. The number of nitrogens with one attached hydrogen (secondary N) is 1. The molecule has 0 aliphatic carbocycles. The summed E-state index contributed by atoms with van der Waals surface area (Å²) in [6, 6.07) is -0.889. The van der Waals surface area contributed by atoms with Crippen molar-refractivity contribution >= 4 is 13.7 Å². The molecule has 0 bridgehead atoms. The molecule has 0 radical (unpaired) electrons. The van der Waals surface area contributed by atoms with Crippen LogP contribution in [0, 0.1) is 0 Å². The smallest absolute Gasteiger partial charge is 0.387 e. The minimum atomic E-state index is -4.37. The first-order chi connectivity index (χ1) is 35.5. The van der Waals surface area contributed by atoms with Gasteiger partial charge in [-0.3, -0.25) is 13.8 Å². The van der Waals surface area contributed by atoms with Crippen molar-refractivity contribution in [2.24, 2.45) is 0 Å². The lowest BCUT2D eigenvalue weighted by atomic mass is 10.1. The number of rotatable bonds is 51. The molecular formula is C64H110N2O6P+. The molecular weight excluding hydrogens is 924 g/mol. The van der Waals surface area contributed by atoms with Gasteiger partial charge < -0.3 is 19.8 Å². The van der Waals surface area contributed by atoms with Crippen molar-refractivity contribution in [2.45, 2.75) is 225 Å². The minimum Gasteiger partial charge on any atom is -0.387 e. The zero-order valence-electron chi connectivity index (χ0n) is 47.3. The largest absolute Gasteiger partial charge is 0.472 e. The molecule has 3 unspecified atom stereocenters. The molecule has 0 aliphatic rings. The zero-order valence-corrected chi connectivity index (χ0v) is 48.2. The second-order valence-corrected chi connectivity index (χ2v) is 21.7. The van der Waals surface area contributed by atoms with Crippen LogP contribution < -0.4 is 5.32 Å². The van der Waals surface area contributed by atoms with Crippen LogP contribution >= 0.6 is 7.82 Å². The standard InChI is InChI=1S/C64H109N2O6P/c1-6-8-10-12-14-16-18-20-22-24-26-28-29-30-31-32-33-34-35-36-37-38-40-42-44-46-48-50-52-54-56-58-64(68)65-62(61-72-73(69,70)71-60-59-66(3,4)5)63(67)57-55-53-51-49-47-45-43-41-39-27-25-23-21-19-17-15-13-11-9-7-2/h8,10,14,16,20,22,26,28,30-31,33-34,36-37,39-42,47,49,55,57,62-63,67H,6-7,9,11-13,15,17-19,21,23-25,27,29,32,35,38,43-46,48,50-54,56,58-61H2,1-5H3,(H-,65,68,69,70)/p+1/b10-8-,16-14-,22-20-,28-26-,31-30-,34-33-,37-36-,41-39+,42-40-,49-47+,57-55+. The lowest BCUT2D eigenvalue weighted by Gasteiger charge is -2.25. The van der Waals surface area contributed by atoms with E-state index in [1.807, 2.05) is 27.2 Å². The van der Waals surface area contributed by atoms with Gasteiger partial charge in [0.25, 0.3) is 0 Å². The Hall–Kier alpha value is -3.36. The van der Waals surface area contributed by atoms with Crippen molar-refractivity contribution in [2.75, 3.05) is 40.9 Å². The molecule has 0 rings (SSSR count). The number of nitrogens with zero attached hydrogens (tertiary/aromatic N) is 1. The Kier molecular flexibility index (Phi) is 51.0. The molecule has 8 nitrogen and oxygen atoms in total. The van der Waals surface area contributed by atoms with E-state index in [0.717, 1.165) is 122 Å². The van der Waals surface area contributed by atoms with Gasteiger partial charge >= 0.3 is 7.82 Å². The Bertz CT molecular complexity index is 1640. The van der Waals surface area contributed by atoms with Crippen molar-refractivity contribution in [3.63, 3.8) is 0 Å². The molecule has 0 saturated carbocycles. The number of phosphoric ester groups is 1. The number of carbonyl (C=O) groups is 1. The number of aliphatic hydroxyl groups excluding tert-OH is 1. The van der Waals surface area contributed by atoms with E-state index < -0.39 is 20.0 Å². The predicted molar refractivity (Wildman–Crippen MR) is 318 cm³/mol. The number of aliphatic hydroxyl groups is 1. The maximum absolute atomic E-state index is 13.0. The summed E-state index contributed by atoms with van der Waals surface area (Å²) in [5, 5.41) is 13.9. The summed E-state index contributed by atoms with van der Waals surface area (Å²) in [6.07, 6.45) is 81.2. The highest BCUT2D eigenvalue weighted by Crippen LogP contribution is 2.43. The van der Waals surface area contributed by atoms with Crippen LogP contribution in [-0.2, 0) is 18.4 Å². The van der Waals surface area contributed by atoms with Gasteiger partial charge in [-0.15, -0.1) is 0 Å². The van der Waals surface area contributed by atoms with Crippen molar-refractivity contribution in [1.29, 1.82) is 0 Å². The maximum Gasteiger partial charge on any atom is 0.472 e. The first-order valence-electron chi connectivity index (χ1n) is 29.1. The Morgan fingerprint density at radius 3 is 1.26 bits per heavy atom. The molecule has 3 N–H and O–H groups in total. The molecule has 0 fully saturated rings. The van der Waals surface area contributed by atoms with Crippen LogP contribution in [0.5, 0.6) is 0 Å². The molecule has 1 amide bonds. The fraction of sp³-hybridized carbons (Fsp3) is 0.641. The van der Waals surface area contributed by atoms with Crippen LogP contribution in [0.15, 0.2) is 134 Å². The summed E-state index contributed by atoms with van der Waals surface area (Å²) in [5.41, 5.74) is 0. The molecule has 416 valence electrons. The van der Waals surface area contributed by atoms with Crippen molar-refractivity contribution in [3.05, 3.63) is 134 Å². The summed E-state index contributed by atoms with van der Waals surface area (Å²) >= 11 is 0. The topological polar surface area (TPSA) is 105 Å². The van der Waals surface area contributed by atoms with Crippen LogP contribution in [0.3, 0.4) is 0 Å². The van der Waals surface area contributed by atoms with Gasteiger partial charge in [0.15, 0.2) is 0 Å². The summed E-state index contributed by atoms with van der Waals surface area (Å²) in [4.78, 5) is 23.3. The number of amides is 1. The molecule has 9 heteroatoms. The molecule has 0 heterocycles. The summed E-state index contributed by atoms with van der Waals surface area (Å²) in [5.74, 6) is -0.211. The van der Waals surface area contributed by atoms with Crippen LogP contribution in [-0.4, -0.2) is 73.4 Å². The second kappa shape index (κ2) is 53.5. The van der Waals surface area contributed by atoms with E-state index in [-0.39, 0.29) is 19.1 Å². The summed E-state index contributed by atoms with van der Waals surface area (Å²) in [7, 11) is 1.51. The van der Waals surface area contributed by atoms with E-state index in [4.69, 9.17) is 9.05 Å². The first-order valence-corrected chi connectivity index (χ1v) is 30.6. The molecule has 0 spiro atoms. The highest BCUT2D eigenvalue weighted by molar-refractivity contribution is 7.47. The van der Waals surface area contributed by atoms with E-state index in [1.165, 1.54) is 70.6 Å². The number of carbonyl (C=O) groups excluding carboxylic acids is 1. The number of quaternary nitrogens is 1. The third-order valence-electron chi connectivity index (χ3n) is 12.1. The zero-order chi connectivity index (χ0) is 53.5. The monoisotopic (exact) mass is 1030 g/mol. The predicted octanol–water partition coefficient (Wildman–Crippen LogP) is 17.9. The number of phosphoric acid groups is 1. The quantitative estimate of drug-likeness (QED) is 0.0243. The van der Waals surface area contributed by atoms with Crippen LogP contribution in [0.2, 0.25) is 0 Å². The summed E-state index contributed by atoms with van der Waals surface area (Å²) < 4.78 is 23.7. The van der Waals surface area contributed by atoms with E-state index in [9.17, 15) is 19.4 Å². The lowest BCUT2D eigenvalue weighted by Crippen LogP contribution is -2.45. The molecule has 0 aliphatic heterocycles. The van der Waals surface area contributed by atoms with Crippen molar-refractivity contribution in [1.82, 2.24) is 5.32 Å². The maximum atomic E-state index is 13.0. The third-order valence-corrected chi connectivity index (χ3v) is 13.1. The van der Waals surface area contributed by atoms with Crippen molar-refractivity contribution < 1.29 is 32.9 Å². The fourth-order valence-electron chi connectivity index (χ4n) is 7.56. The summed E-state index contributed by atoms with van der Waals surface area (Å²) in [6.45, 7) is 4.64. The molecule has 73 heavy (non-hydrogen) atoms. The second-order valence-electron chi connectivity index (χ2n) is 20.3. The van der Waals surface area contributed by atoms with Gasteiger partial charge in [-0.05, 0) is 109 Å². The van der Waals surface area contributed by atoms with Gasteiger partial charge in [-0.25, -0.2) is 4.57 Å². The van der Waals surface area contributed by atoms with Crippen molar-refractivity contribution in [3.8, 4) is 0 Å². The van der Waals surface area contributed by atoms with Crippen LogP contribution in [0.1, 0.15) is 213 Å². The normalized spacial score (nSPS) is 14.9.